The Hall–Kier alpha value is -4.55. The molecule has 2 atom stereocenters. The SMILES string of the molecule is O=C1CCC(N2C(=O)c3cccc(NCCCCCCN(C(=O)CCl)C(C(=O)NCc4ccccc4)c4cccs4)c3C2=O)C(=O)N1. The van der Waals surface area contributed by atoms with Gasteiger partial charge in [-0.15, -0.1) is 22.9 Å². The first-order valence-corrected chi connectivity index (χ1v) is 17.0. The van der Waals surface area contributed by atoms with Gasteiger partial charge in [0.2, 0.25) is 23.6 Å². The fourth-order valence-electron chi connectivity index (χ4n) is 5.87. The number of nitrogens with zero attached hydrogens (tertiary/aromatic N) is 2. The van der Waals surface area contributed by atoms with Crippen LogP contribution in [0.3, 0.4) is 0 Å². The van der Waals surface area contributed by atoms with Crippen molar-refractivity contribution in [2.24, 2.45) is 0 Å². The molecule has 0 bridgehead atoms. The molecule has 0 radical (unpaired) electrons. The predicted octanol–water partition coefficient (Wildman–Crippen LogP) is 4.25. The Labute approximate surface area is 281 Å². The Bertz CT molecular complexity index is 1630. The zero-order chi connectivity index (χ0) is 33.3. The van der Waals surface area contributed by atoms with E-state index >= 15 is 0 Å². The highest BCUT2D eigenvalue weighted by Crippen LogP contribution is 2.32. The zero-order valence-corrected chi connectivity index (χ0v) is 27.3. The van der Waals surface area contributed by atoms with Gasteiger partial charge >= 0.3 is 0 Å². The summed E-state index contributed by atoms with van der Waals surface area (Å²) in [5.74, 6) is -2.99. The quantitative estimate of drug-likeness (QED) is 0.124. The maximum Gasteiger partial charge on any atom is 0.264 e. The smallest absolute Gasteiger partial charge is 0.264 e. The summed E-state index contributed by atoms with van der Waals surface area (Å²) in [5.41, 5.74) is 1.91. The zero-order valence-electron chi connectivity index (χ0n) is 25.7. The highest BCUT2D eigenvalue weighted by molar-refractivity contribution is 7.10. The molecule has 1 fully saturated rings. The normalized spacial score (nSPS) is 16.4. The largest absolute Gasteiger partial charge is 0.384 e. The summed E-state index contributed by atoms with van der Waals surface area (Å²) in [6.45, 7) is 1.23. The van der Waals surface area contributed by atoms with Gasteiger partial charge in [-0.05, 0) is 48.4 Å². The summed E-state index contributed by atoms with van der Waals surface area (Å²) in [6.07, 6.45) is 3.15. The number of hydrogen-bond acceptors (Lipinski definition) is 8. The van der Waals surface area contributed by atoms with Gasteiger partial charge in [-0.3, -0.25) is 39.0 Å². The molecule has 2 unspecified atom stereocenters. The summed E-state index contributed by atoms with van der Waals surface area (Å²) in [5, 5.41) is 10.3. The molecule has 2 aromatic carbocycles. The maximum absolute atomic E-state index is 13.4. The number of imide groups is 2. The number of hydrogen-bond donors (Lipinski definition) is 3. The van der Waals surface area contributed by atoms with E-state index in [0.717, 1.165) is 34.6 Å². The molecule has 11 nitrogen and oxygen atoms in total. The molecule has 47 heavy (non-hydrogen) atoms. The van der Waals surface area contributed by atoms with Crippen molar-refractivity contribution >= 4 is 64.1 Å². The molecule has 13 heteroatoms. The van der Waals surface area contributed by atoms with E-state index in [2.05, 4.69) is 16.0 Å². The van der Waals surface area contributed by atoms with E-state index in [0.29, 0.717) is 31.7 Å². The number of anilines is 1. The van der Waals surface area contributed by atoms with Crippen LogP contribution in [0.1, 0.15) is 75.7 Å². The summed E-state index contributed by atoms with van der Waals surface area (Å²) < 4.78 is 0. The average molecular weight is 678 g/mol. The second kappa shape index (κ2) is 15.8. The Morgan fingerprint density at radius 1 is 0.957 bits per heavy atom. The number of halogens is 1. The van der Waals surface area contributed by atoms with Gasteiger partial charge in [-0.25, -0.2) is 0 Å². The van der Waals surface area contributed by atoms with Crippen LogP contribution in [-0.2, 0) is 25.7 Å². The molecule has 2 aliphatic heterocycles. The highest BCUT2D eigenvalue weighted by atomic mass is 35.5. The van der Waals surface area contributed by atoms with Gasteiger partial charge in [-0.2, -0.15) is 0 Å². The van der Waals surface area contributed by atoms with Crippen LogP contribution < -0.4 is 16.0 Å². The minimum absolute atomic E-state index is 0.0584. The topological polar surface area (TPSA) is 145 Å². The first-order chi connectivity index (χ1) is 22.8. The number of thiophene rings is 1. The predicted molar refractivity (Wildman–Crippen MR) is 178 cm³/mol. The van der Waals surface area contributed by atoms with Gasteiger partial charge in [0, 0.05) is 36.6 Å². The molecule has 0 spiro atoms. The molecule has 0 aliphatic carbocycles. The number of nitrogens with one attached hydrogen (secondary N) is 3. The lowest BCUT2D eigenvalue weighted by Crippen LogP contribution is -2.54. The Balaban J connectivity index is 1.13. The lowest BCUT2D eigenvalue weighted by Gasteiger charge is -2.30. The number of benzene rings is 2. The fraction of sp³-hybridized carbons (Fsp3) is 0.353. The van der Waals surface area contributed by atoms with Crippen LogP contribution in [0.15, 0.2) is 66.0 Å². The van der Waals surface area contributed by atoms with Crippen molar-refractivity contribution in [2.45, 2.75) is 57.2 Å². The monoisotopic (exact) mass is 677 g/mol. The first-order valence-electron chi connectivity index (χ1n) is 15.6. The van der Waals surface area contributed by atoms with E-state index < -0.39 is 35.7 Å². The van der Waals surface area contributed by atoms with E-state index in [9.17, 15) is 28.8 Å². The summed E-state index contributed by atoms with van der Waals surface area (Å²) in [7, 11) is 0. The van der Waals surface area contributed by atoms with Crippen LogP contribution in [0.4, 0.5) is 5.69 Å². The van der Waals surface area contributed by atoms with E-state index in [1.807, 2.05) is 47.8 Å². The van der Waals surface area contributed by atoms with Crippen molar-refractivity contribution in [2.75, 3.05) is 24.3 Å². The van der Waals surface area contributed by atoms with Crippen LogP contribution in [0.25, 0.3) is 0 Å². The average Bonchev–Trinajstić information content (AvgIpc) is 3.69. The summed E-state index contributed by atoms with van der Waals surface area (Å²) in [6, 6.07) is 16.4. The van der Waals surface area contributed by atoms with Crippen molar-refractivity contribution in [3.63, 3.8) is 0 Å². The standard InChI is InChI=1S/C34H36ClN5O6S/c35-20-28(42)39(30(26-14-9-19-47-26)32(44)37-21-22-10-4-3-5-11-22)18-7-2-1-6-17-36-24-13-8-12-23-29(24)34(46)40(33(23)45)25-15-16-27(41)38-31(25)43/h3-5,8-14,19,25,30,36H,1-2,6-7,15-18,20-21H2,(H,37,44)(H,38,41,43). The van der Waals surface area contributed by atoms with Crippen LogP contribution >= 0.6 is 22.9 Å². The van der Waals surface area contributed by atoms with Gasteiger partial charge < -0.3 is 15.5 Å². The molecule has 3 heterocycles. The second-order valence-corrected chi connectivity index (χ2v) is 12.6. The van der Waals surface area contributed by atoms with E-state index in [1.165, 1.54) is 11.3 Å². The van der Waals surface area contributed by atoms with Crippen molar-refractivity contribution < 1.29 is 28.8 Å². The van der Waals surface area contributed by atoms with E-state index in [-0.39, 0.29) is 41.7 Å². The van der Waals surface area contributed by atoms with Crippen molar-refractivity contribution in [3.8, 4) is 0 Å². The number of carbonyl (C=O) groups is 6. The number of alkyl halides is 1. The fourth-order valence-corrected chi connectivity index (χ4v) is 6.86. The van der Waals surface area contributed by atoms with Crippen LogP contribution in [0, 0.1) is 0 Å². The van der Waals surface area contributed by atoms with Crippen LogP contribution in [-0.4, -0.2) is 70.3 Å². The highest BCUT2D eigenvalue weighted by Gasteiger charge is 2.45. The number of rotatable bonds is 15. The molecule has 0 saturated carbocycles. The molecule has 1 aromatic heterocycles. The van der Waals surface area contributed by atoms with Gasteiger partial charge in [0.25, 0.3) is 11.8 Å². The minimum atomic E-state index is -1.02. The molecular formula is C34H36ClN5O6S. The minimum Gasteiger partial charge on any atom is -0.384 e. The Kier molecular flexibility index (Phi) is 11.4. The number of piperidine rings is 1. The number of fused-ring (bicyclic) bond motifs is 1. The van der Waals surface area contributed by atoms with Crippen LogP contribution in [0.5, 0.6) is 0 Å². The maximum atomic E-state index is 13.4. The lowest BCUT2D eigenvalue weighted by molar-refractivity contribution is -0.139. The third-order valence-electron chi connectivity index (χ3n) is 8.23. The van der Waals surface area contributed by atoms with Crippen molar-refractivity contribution in [1.29, 1.82) is 0 Å². The van der Waals surface area contributed by atoms with Crippen LogP contribution in [0.2, 0.25) is 0 Å². The van der Waals surface area contributed by atoms with Crippen molar-refractivity contribution in [3.05, 3.63) is 87.6 Å². The van der Waals surface area contributed by atoms with E-state index in [4.69, 9.17) is 11.6 Å². The Morgan fingerprint density at radius 2 is 1.74 bits per heavy atom. The van der Waals surface area contributed by atoms with Gasteiger partial charge in [0.05, 0.1) is 11.1 Å². The van der Waals surface area contributed by atoms with Gasteiger partial charge in [0.15, 0.2) is 0 Å². The van der Waals surface area contributed by atoms with Gasteiger partial charge in [0.1, 0.15) is 18.0 Å². The Morgan fingerprint density at radius 3 is 2.47 bits per heavy atom. The third-order valence-corrected chi connectivity index (χ3v) is 9.38. The third kappa shape index (κ3) is 7.88. The van der Waals surface area contributed by atoms with E-state index in [1.54, 1.807) is 23.1 Å². The molecule has 3 N–H and O–H groups in total. The number of carbonyl (C=O) groups excluding carboxylic acids is 6. The lowest BCUT2D eigenvalue weighted by atomic mass is 10.0. The summed E-state index contributed by atoms with van der Waals surface area (Å²) >= 11 is 7.40. The number of unbranched alkanes of at least 4 members (excludes halogenated alkanes) is 3. The molecule has 3 aromatic rings. The first kappa shape index (κ1) is 33.8. The molecule has 5 rings (SSSR count). The van der Waals surface area contributed by atoms with Gasteiger partial charge in [-0.1, -0.05) is 55.3 Å². The molecule has 6 amide bonds. The molecule has 1 saturated heterocycles. The molecular weight excluding hydrogens is 642 g/mol. The number of amides is 6. The summed E-state index contributed by atoms with van der Waals surface area (Å²) in [4.78, 5) is 80.0. The molecule has 2 aliphatic rings. The van der Waals surface area contributed by atoms with Crippen molar-refractivity contribution in [1.82, 2.24) is 20.4 Å². The molecule has 246 valence electrons. The second-order valence-electron chi connectivity index (χ2n) is 11.4.